The molecule has 0 aromatic rings. The highest BCUT2D eigenvalue weighted by Gasteiger charge is 2.50. The van der Waals surface area contributed by atoms with E-state index in [-0.39, 0.29) is 20.4 Å². The first kappa shape index (κ1) is 20.0. The highest BCUT2D eigenvalue weighted by atomic mass is 28.4. The molecular formula is C15H32O6Si. The van der Waals surface area contributed by atoms with Crippen LogP contribution >= 0.6 is 0 Å². The molecule has 6 nitrogen and oxygen atoms in total. The van der Waals surface area contributed by atoms with E-state index in [4.69, 9.17) is 27.5 Å². The molecule has 1 fully saturated rings. The van der Waals surface area contributed by atoms with Crippen LogP contribution in [0.15, 0.2) is 0 Å². The Labute approximate surface area is 135 Å². The topological polar surface area (TPSA) is 55.4 Å². The lowest BCUT2D eigenvalue weighted by Gasteiger charge is -2.37. The average molecular weight is 337 g/mol. The van der Waals surface area contributed by atoms with E-state index in [9.17, 15) is 0 Å². The second-order valence-electron chi connectivity index (χ2n) is 5.20. The van der Waals surface area contributed by atoms with E-state index >= 15 is 0 Å². The fraction of sp³-hybridized carbons (Fsp3) is 1.00. The van der Waals surface area contributed by atoms with Gasteiger partial charge in [0.15, 0.2) is 0 Å². The molecule has 0 unspecified atom stereocenters. The standard InChI is InChI=1S/C15H32O6Si/c1-4-16-12-19-22(20-13-17-5-2,21-14-18-6-3)15-10-8-7-9-11-15/h15H,4-14H2,1-3H3. The molecule has 0 bridgehead atoms. The number of rotatable bonds is 13. The van der Waals surface area contributed by atoms with Crippen molar-refractivity contribution in [2.24, 2.45) is 0 Å². The highest BCUT2D eigenvalue weighted by Crippen LogP contribution is 2.39. The van der Waals surface area contributed by atoms with Crippen molar-refractivity contribution >= 4 is 8.80 Å². The molecule has 0 saturated heterocycles. The largest absolute Gasteiger partial charge is 0.509 e. The van der Waals surface area contributed by atoms with Crippen LogP contribution in [0.2, 0.25) is 5.54 Å². The quantitative estimate of drug-likeness (QED) is 0.292. The Morgan fingerprint density at radius 2 is 1.09 bits per heavy atom. The van der Waals surface area contributed by atoms with Gasteiger partial charge in [0.05, 0.1) is 0 Å². The minimum atomic E-state index is -2.88. The molecule has 0 N–H and O–H groups in total. The van der Waals surface area contributed by atoms with E-state index in [1.807, 2.05) is 20.8 Å². The Bertz CT molecular complexity index is 234. The smallest absolute Gasteiger partial charge is 0.357 e. The number of hydrogen-bond donors (Lipinski definition) is 0. The zero-order valence-corrected chi connectivity index (χ0v) is 15.3. The molecule has 0 aromatic carbocycles. The predicted molar refractivity (Wildman–Crippen MR) is 85.3 cm³/mol. The zero-order valence-electron chi connectivity index (χ0n) is 14.3. The first-order valence-corrected chi connectivity index (χ1v) is 10.2. The molecule has 1 aliphatic rings. The highest BCUT2D eigenvalue weighted by molar-refractivity contribution is 6.62. The van der Waals surface area contributed by atoms with Crippen LogP contribution in [0.5, 0.6) is 0 Å². The summed E-state index contributed by atoms with van der Waals surface area (Å²) in [5, 5.41) is 0. The molecule has 0 aliphatic heterocycles. The van der Waals surface area contributed by atoms with Gasteiger partial charge in [0.1, 0.15) is 20.4 Å². The van der Waals surface area contributed by atoms with Crippen molar-refractivity contribution in [3.8, 4) is 0 Å². The summed E-state index contributed by atoms with van der Waals surface area (Å²) in [6, 6.07) is 0. The molecule has 1 aliphatic carbocycles. The Morgan fingerprint density at radius 3 is 1.45 bits per heavy atom. The maximum absolute atomic E-state index is 6.02. The fourth-order valence-electron chi connectivity index (χ4n) is 2.56. The van der Waals surface area contributed by atoms with Gasteiger partial charge in [-0.1, -0.05) is 19.3 Å². The van der Waals surface area contributed by atoms with Gasteiger partial charge in [-0.2, -0.15) is 0 Å². The second kappa shape index (κ2) is 12.4. The van der Waals surface area contributed by atoms with Crippen LogP contribution in [-0.4, -0.2) is 49.0 Å². The van der Waals surface area contributed by atoms with Crippen molar-refractivity contribution in [3.05, 3.63) is 0 Å². The molecule has 22 heavy (non-hydrogen) atoms. The van der Waals surface area contributed by atoms with Crippen molar-refractivity contribution in [1.82, 2.24) is 0 Å². The summed E-state index contributed by atoms with van der Waals surface area (Å²) >= 11 is 0. The number of hydrogen-bond acceptors (Lipinski definition) is 6. The summed E-state index contributed by atoms with van der Waals surface area (Å²) in [5.74, 6) is 0. The molecule has 7 heteroatoms. The van der Waals surface area contributed by atoms with Gasteiger partial charge >= 0.3 is 8.80 Å². The van der Waals surface area contributed by atoms with Gasteiger partial charge in [-0.3, -0.25) is 0 Å². The third-order valence-electron chi connectivity index (χ3n) is 3.75. The van der Waals surface area contributed by atoms with Crippen LogP contribution in [0.3, 0.4) is 0 Å². The first-order chi connectivity index (χ1) is 10.8. The molecule has 0 amide bonds. The third-order valence-corrected chi connectivity index (χ3v) is 6.89. The van der Waals surface area contributed by atoms with Gasteiger partial charge in [-0.25, -0.2) is 0 Å². The third kappa shape index (κ3) is 7.04. The van der Waals surface area contributed by atoms with Gasteiger partial charge in [-0.15, -0.1) is 0 Å². The van der Waals surface area contributed by atoms with Crippen LogP contribution in [0.4, 0.5) is 0 Å². The SMILES string of the molecule is CCOCO[Si](OCOCC)(OCOCC)C1CCCCC1. The lowest BCUT2D eigenvalue weighted by atomic mass is 10.0. The lowest BCUT2D eigenvalue weighted by molar-refractivity contribution is -0.106. The molecule has 0 heterocycles. The van der Waals surface area contributed by atoms with E-state index in [0.29, 0.717) is 25.4 Å². The summed E-state index contributed by atoms with van der Waals surface area (Å²) in [7, 11) is -2.88. The summed E-state index contributed by atoms with van der Waals surface area (Å²) in [6.45, 7) is 8.20. The maximum Gasteiger partial charge on any atom is 0.509 e. The summed E-state index contributed by atoms with van der Waals surface area (Å²) in [5.41, 5.74) is 0.294. The van der Waals surface area contributed by atoms with Crippen LogP contribution in [0.1, 0.15) is 52.9 Å². The fourth-order valence-corrected chi connectivity index (χ4v) is 5.37. The average Bonchev–Trinajstić information content (AvgIpc) is 2.56. The normalized spacial score (nSPS) is 17.0. The summed E-state index contributed by atoms with van der Waals surface area (Å²) < 4.78 is 34.1. The van der Waals surface area contributed by atoms with Gasteiger partial charge < -0.3 is 27.5 Å². The Balaban J connectivity index is 2.72. The summed E-state index contributed by atoms with van der Waals surface area (Å²) in [4.78, 5) is 0. The molecule has 1 rings (SSSR count). The molecule has 0 spiro atoms. The van der Waals surface area contributed by atoms with Gasteiger partial charge in [-0.05, 0) is 33.6 Å². The van der Waals surface area contributed by atoms with E-state index in [0.717, 1.165) is 12.8 Å². The molecule has 132 valence electrons. The van der Waals surface area contributed by atoms with E-state index in [1.165, 1.54) is 19.3 Å². The minimum absolute atomic E-state index is 0.192. The first-order valence-electron chi connectivity index (χ1n) is 8.44. The molecule has 0 atom stereocenters. The Morgan fingerprint density at radius 1 is 0.682 bits per heavy atom. The minimum Gasteiger partial charge on any atom is -0.357 e. The molecular weight excluding hydrogens is 304 g/mol. The van der Waals surface area contributed by atoms with Crippen molar-refractivity contribution < 1.29 is 27.5 Å². The molecule has 0 radical (unpaired) electrons. The second-order valence-corrected chi connectivity index (χ2v) is 8.09. The van der Waals surface area contributed by atoms with E-state index < -0.39 is 8.80 Å². The van der Waals surface area contributed by atoms with Crippen molar-refractivity contribution in [2.75, 3.05) is 40.2 Å². The molecule has 0 aromatic heterocycles. The zero-order chi connectivity index (χ0) is 16.1. The van der Waals surface area contributed by atoms with Gasteiger partial charge in [0, 0.05) is 25.4 Å². The van der Waals surface area contributed by atoms with Gasteiger partial charge in [0.25, 0.3) is 0 Å². The van der Waals surface area contributed by atoms with Crippen LogP contribution < -0.4 is 0 Å². The van der Waals surface area contributed by atoms with Gasteiger partial charge in [0.2, 0.25) is 0 Å². The van der Waals surface area contributed by atoms with Crippen LogP contribution in [-0.2, 0) is 27.5 Å². The molecule has 1 saturated carbocycles. The van der Waals surface area contributed by atoms with Crippen molar-refractivity contribution in [3.63, 3.8) is 0 Å². The van der Waals surface area contributed by atoms with Crippen LogP contribution in [0, 0.1) is 0 Å². The monoisotopic (exact) mass is 336 g/mol. The Hall–Kier alpha value is -0.0231. The van der Waals surface area contributed by atoms with E-state index in [1.54, 1.807) is 0 Å². The van der Waals surface area contributed by atoms with E-state index in [2.05, 4.69) is 0 Å². The number of ether oxygens (including phenoxy) is 3. The maximum atomic E-state index is 6.02. The lowest BCUT2D eigenvalue weighted by Crippen LogP contribution is -2.52. The van der Waals surface area contributed by atoms with Crippen LogP contribution in [0.25, 0.3) is 0 Å². The predicted octanol–water partition coefficient (Wildman–Crippen LogP) is 3.29. The summed E-state index contributed by atoms with van der Waals surface area (Å²) in [6.07, 6.45) is 5.78. The Kier molecular flexibility index (Phi) is 11.3. The van der Waals surface area contributed by atoms with Crippen molar-refractivity contribution in [2.45, 2.75) is 58.4 Å². The van der Waals surface area contributed by atoms with Crippen molar-refractivity contribution in [1.29, 1.82) is 0 Å².